The molecule has 3 heteroatoms. The molecule has 2 aromatic rings. The monoisotopic (exact) mass is 282 g/mol. The zero-order chi connectivity index (χ0) is 14.4. The highest BCUT2D eigenvalue weighted by Crippen LogP contribution is 2.51. The predicted octanol–water partition coefficient (Wildman–Crippen LogP) is 3.11. The molecule has 1 aromatic carbocycles. The highest BCUT2D eigenvalue weighted by atomic mass is 16.3. The molecular formula is C18H22N2O. The van der Waals surface area contributed by atoms with Crippen LogP contribution in [0, 0.1) is 5.92 Å². The zero-order valence-electron chi connectivity index (χ0n) is 12.7. The molecule has 0 radical (unpaired) electrons. The molecule has 2 aliphatic rings. The van der Waals surface area contributed by atoms with Crippen LogP contribution in [0.3, 0.4) is 0 Å². The first-order chi connectivity index (χ1) is 10.2. The van der Waals surface area contributed by atoms with Gasteiger partial charge in [-0.25, -0.2) is 0 Å². The summed E-state index contributed by atoms with van der Waals surface area (Å²) in [5, 5.41) is 0. The highest BCUT2D eigenvalue weighted by molar-refractivity contribution is 5.41. The van der Waals surface area contributed by atoms with E-state index in [-0.39, 0.29) is 0 Å². The predicted molar refractivity (Wildman–Crippen MR) is 83.1 cm³/mol. The average Bonchev–Trinajstić information content (AvgIpc) is 3.14. The standard InChI is InChI=1S/C18H22N2O/c1-19(2)18-15-8-4-3-7-14(15)16-11-20(12-17(16)18)10-13-6-5-9-21-13/h3-9,16-18H,10-12H2,1-2H3/t16-,17-,18-/m0/s1. The Bertz CT molecular complexity index is 620. The number of likely N-dealkylation sites (tertiary alicyclic amines) is 1. The van der Waals surface area contributed by atoms with Gasteiger partial charge in [-0.15, -0.1) is 0 Å². The normalized spacial score (nSPS) is 28.0. The summed E-state index contributed by atoms with van der Waals surface area (Å²) in [7, 11) is 4.41. The van der Waals surface area contributed by atoms with Crippen LogP contribution < -0.4 is 0 Å². The highest BCUT2D eigenvalue weighted by Gasteiger charge is 2.46. The van der Waals surface area contributed by atoms with Crippen molar-refractivity contribution in [3.05, 3.63) is 59.5 Å². The van der Waals surface area contributed by atoms with E-state index in [2.05, 4.69) is 54.2 Å². The van der Waals surface area contributed by atoms with Crippen molar-refractivity contribution in [3.8, 4) is 0 Å². The van der Waals surface area contributed by atoms with Gasteiger partial charge in [-0.1, -0.05) is 24.3 Å². The molecule has 0 spiro atoms. The molecule has 2 heterocycles. The van der Waals surface area contributed by atoms with E-state index in [9.17, 15) is 0 Å². The molecule has 1 aliphatic heterocycles. The Kier molecular flexibility index (Phi) is 3.12. The van der Waals surface area contributed by atoms with Gasteiger partial charge in [-0.05, 0) is 43.3 Å². The second-order valence-electron chi connectivity index (χ2n) is 6.58. The Morgan fingerprint density at radius 3 is 2.62 bits per heavy atom. The van der Waals surface area contributed by atoms with Gasteiger partial charge in [0.05, 0.1) is 12.8 Å². The van der Waals surface area contributed by atoms with Crippen LogP contribution in [0.2, 0.25) is 0 Å². The molecule has 3 atom stereocenters. The lowest BCUT2D eigenvalue weighted by Gasteiger charge is -2.27. The minimum atomic E-state index is 0.549. The smallest absolute Gasteiger partial charge is 0.117 e. The molecular weight excluding hydrogens is 260 g/mol. The number of rotatable bonds is 3. The van der Waals surface area contributed by atoms with Crippen molar-refractivity contribution in [2.75, 3.05) is 27.2 Å². The molecule has 0 N–H and O–H groups in total. The Balaban J connectivity index is 1.61. The van der Waals surface area contributed by atoms with Crippen LogP contribution in [0.5, 0.6) is 0 Å². The fraction of sp³-hybridized carbons (Fsp3) is 0.444. The SMILES string of the molecule is CN(C)[C@H]1c2ccccc2[C@@H]2CN(Cc3ccco3)C[C@@H]21. The first-order valence-corrected chi connectivity index (χ1v) is 7.74. The van der Waals surface area contributed by atoms with Gasteiger partial charge in [0.2, 0.25) is 0 Å². The van der Waals surface area contributed by atoms with Crippen LogP contribution in [0.15, 0.2) is 47.1 Å². The van der Waals surface area contributed by atoms with E-state index >= 15 is 0 Å². The third-order valence-corrected chi connectivity index (χ3v) is 5.08. The lowest BCUT2D eigenvalue weighted by atomic mass is 9.94. The van der Waals surface area contributed by atoms with Gasteiger partial charge < -0.3 is 9.32 Å². The van der Waals surface area contributed by atoms with Crippen molar-refractivity contribution in [1.29, 1.82) is 0 Å². The molecule has 0 bridgehead atoms. The lowest BCUT2D eigenvalue weighted by Crippen LogP contribution is -2.28. The average molecular weight is 282 g/mol. The Hall–Kier alpha value is -1.58. The van der Waals surface area contributed by atoms with Gasteiger partial charge >= 0.3 is 0 Å². The summed E-state index contributed by atoms with van der Waals surface area (Å²) >= 11 is 0. The molecule has 0 saturated carbocycles. The lowest BCUT2D eigenvalue weighted by molar-refractivity contribution is 0.208. The molecule has 110 valence electrons. The third kappa shape index (κ3) is 2.12. The molecule has 21 heavy (non-hydrogen) atoms. The number of hydrogen-bond donors (Lipinski definition) is 0. The van der Waals surface area contributed by atoms with Crippen molar-refractivity contribution < 1.29 is 4.42 Å². The second-order valence-corrected chi connectivity index (χ2v) is 6.58. The van der Waals surface area contributed by atoms with Crippen LogP contribution in [0.25, 0.3) is 0 Å². The van der Waals surface area contributed by atoms with Gasteiger partial charge in [0, 0.05) is 25.0 Å². The maximum atomic E-state index is 5.51. The Morgan fingerprint density at radius 2 is 1.90 bits per heavy atom. The van der Waals surface area contributed by atoms with Gasteiger partial charge in [-0.2, -0.15) is 0 Å². The van der Waals surface area contributed by atoms with Crippen LogP contribution >= 0.6 is 0 Å². The van der Waals surface area contributed by atoms with Crippen molar-refractivity contribution in [3.63, 3.8) is 0 Å². The summed E-state index contributed by atoms with van der Waals surface area (Å²) in [5.41, 5.74) is 3.10. The van der Waals surface area contributed by atoms with Crippen LogP contribution in [-0.4, -0.2) is 37.0 Å². The zero-order valence-corrected chi connectivity index (χ0v) is 12.7. The topological polar surface area (TPSA) is 19.6 Å². The van der Waals surface area contributed by atoms with Crippen LogP contribution in [0.4, 0.5) is 0 Å². The summed E-state index contributed by atoms with van der Waals surface area (Å²) in [6.45, 7) is 3.23. The van der Waals surface area contributed by atoms with E-state index in [1.54, 1.807) is 11.8 Å². The fourth-order valence-corrected chi connectivity index (χ4v) is 4.32. The first kappa shape index (κ1) is 13.1. The number of hydrogen-bond acceptors (Lipinski definition) is 3. The minimum absolute atomic E-state index is 0.549. The van der Waals surface area contributed by atoms with Crippen LogP contribution in [-0.2, 0) is 6.54 Å². The van der Waals surface area contributed by atoms with E-state index in [0.29, 0.717) is 17.9 Å². The quantitative estimate of drug-likeness (QED) is 0.862. The van der Waals surface area contributed by atoms with E-state index in [4.69, 9.17) is 4.42 Å². The van der Waals surface area contributed by atoms with Crippen LogP contribution in [0.1, 0.15) is 28.8 Å². The Morgan fingerprint density at radius 1 is 1.10 bits per heavy atom. The molecule has 0 amide bonds. The molecule has 4 rings (SSSR count). The van der Waals surface area contributed by atoms with Gasteiger partial charge in [0.25, 0.3) is 0 Å². The van der Waals surface area contributed by atoms with E-state index < -0.39 is 0 Å². The van der Waals surface area contributed by atoms with E-state index in [1.807, 2.05) is 6.07 Å². The molecule has 1 aromatic heterocycles. The summed E-state index contributed by atoms with van der Waals surface area (Å²) in [6, 6.07) is 13.6. The van der Waals surface area contributed by atoms with Crippen molar-refractivity contribution in [1.82, 2.24) is 9.80 Å². The second kappa shape index (κ2) is 5.00. The molecule has 1 aliphatic carbocycles. The largest absolute Gasteiger partial charge is 0.468 e. The molecule has 1 fully saturated rings. The number of nitrogens with zero attached hydrogens (tertiary/aromatic N) is 2. The van der Waals surface area contributed by atoms with Crippen molar-refractivity contribution in [2.45, 2.75) is 18.5 Å². The maximum absolute atomic E-state index is 5.51. The van der Waals surface area contributed by atoms with Crippen molar-refractivity contribution >= 4 is 0 Å². The number of benzene rings is 1. The Labute approximate surface area is 126 Å². The summed E-state index contributed by atoms with van der Waals surface area (Å²) in [4.78, 5) is 4.93. The van der Waals surface area contributed by atoms with Gasteiger partial charge in [-0.3, -0.25) is 4.90 Å². The van der Waals surface area contributed by atoms with E-state index in [0.717, 1.165) is 25.4 Å². The fourth-order valence-electron chi connectivity index (χ4n) is 4.32. The number of fused-ring (bicyclic) bond motifs is 3. The maximum Gasteiger partial charge on any atom is 0.117 e. The molecule has 3 nitrogen and oxygen atoms in total. The molecule has 1 saturated heterocycles. The molecule has 0 unspecified atom stereocenters. The van der Waals surface area contributed by atoms with Gasteiger partial charge in [0.1, 0.15) is 5.76 Å². The summed E-state index contributed by atoms with van der Waals surface area (Å²) < 4.78 is 5.51. The summed E-state index contributed by atoms with van der Waals surface area (Å²) in [6.07, 6.45) is 1.77. The summed E-state index contributed by atoms with van der Waals surface area (Å²) in [5.74, 6) is 2.44. The van der Waals surface area contributed by atoms with Crippen molar-refractivity contribution in [2.24, 2.45) is 5.92 Å². The minimum Gasteiger partial charge on any atom is -0.468 e. The number of furan rings is 1. The van der Waals surface area contributed by atoms with Gasteiger partial charge in [0.15, 0.2) is 0 Å². The van der Waals surface area contributed by atoms with E-state index in [1.165, 1.54) is 5.56 Å². The first-order valence-electron chi connectivity index (χ1n) is 7.74. The third-order valence-electron chi connectivity index (χ3n) is 5.08.